The topological polar surface area (TPSA) is 160 Å². The van der Waals surface area contributed by atoms with Crippen LogP contribution in [0.3, 0.4) is 0 Å². The van der Waals surface area contributed by atoms with Crippen LogP contribution in [0.25, 0.3) is 11.0 Å². The third-order valence-electron chi connectivity index (χ3n) is 4.90. The molecule has 1 amide bonds. The average molecular weight is 450 g/mol. The van der Waals surface area contributed by atoms with Gasteiger partial charge in [0.25, 0.3) is 22.7 Å². The summed E-state index contributed by atoms with van der Waals surface area (Å²) < 4.78 is 3.90. The second kappa shape index (κ2) is 8.82. The van der Waals surface area contributed by atoms with Crippen molar-refractivity contribution < 1.29 is 9.72 Å². The van der Waals surface area contributed by atoms with Crippen molar-refractivity contribution in [3.05, 3.63) is 91.0 Å². The number of aromatic nitrogens is 6. The van der Waals surface area contributed by atoms with E-state index in [2.05, 4.69) is 20.5 Å². The molecule has 0 spiro atoms. The van der Waals surface area contributed by atoms with Gasteiger partial charge in [0.15, 0.2) is 5.65 Å². The minimum Gasteiger partial charge on any atom is -0.349 e. The summed E-state index contributed by atoms with van der Waals surface area (Å²) in [7, 11) is 1.45. The van der Waals surface area contributed by atoms with E-state index < -0.39 is 10.8 Å². The highest BCUT2D eigenvalue weighted by Gasteiger charge is 2.13. The third-order valence-corrected chi connectivity index (χ3v) is 4.90. The van der Waals surface area contributed by atoms with Gasteiger partial charge in [0.1, 0.15) is 17.4 Å². The zero-order valence-corrected chi connectivity index (χ0v) is 17.4. The van der Waals surface area contributed by atoms with Crippen LogP contribution in [0, 0.1) is 10.1 Å². The summed E-state index contributed by atoms with van der Waals surface area (Å²) in [5.74, 6) is -0.450. The van der Waals surface area contributed by atoms with Crippen molar-refractivity contribution >= 4 is 22.6 Å². The summed E-state index contributed by atoms with van der Waals surface area (Å²) in [6.45, 7) is 0.568. The van der Waals surface area contributed by atoms with Gasteiger partial charge in [-0.2, -0.15) is 10.2 Å². The molecule has 1 N–H and O–H groups in total. The lowest BCUT2D eigenvalue weighted by atomic mass is 10.2. The number of nitrogens with one attached hydrogen (secondary N) is 1. The lowest BCUT2D eigenvalue weighted by molar-refractivity contribution is -0.384. The highest BCUT2D eigenvalue weighted by atomic mass is 16.6. The molecule has 0 bridgehead atoms. The number of rotatable bonds is 7. The molecule has 0 fully saturated rings. The Morgan fingerprint density at radius 1 is 1.21 bits per heavy atom. The molecule has 0 atom stereocenters. The molecule has 13 heteroatoms. The number of aryl methyl sites for hydroxylation is 1. The van der Waals surface area contributed by atoms with Gasteiger partial charge in [0.05, 0.1) is 24.2 Å². The molecule has 0 saturated heterocycles. The number of nitro benzene ring substituents is 1. The number of hydrogen-bond donors (Lipinski definition) is 1. The Morgan fingerprint density at radius 2 is 2.03 bits per heavy atom. The van der Waals surface area contributed by atoms with Crippen LogP contribution in [0.5, 0.6) is 0 Å². The van der Waals surface area contributed by atoms with Crippen molar-refractivity contribution in [1.29, 1.82) is 0 Å². The molecule has 4 aromatic rings. The number of hydrogen-bond acceptors (Lipinski definition) is 8. The Hall–Kier alpha value is -4.68. The third kappa shape index (κ3) is 4.51. The SMILES string of the molecule is Cn1nc(C(=O)NCCn2ncc3c(=O)n(Cc4cccc([N+](=O)[O-])c4)cnc32)ccc1=O. The molecule has 0 aliphatic carbocycles. The molecule has 1 aromatic carbocycles. The lowest BCUT2D eigenvalue weighted by Gasteiger charge is -2.08. The van der Waals surface area contributed by atoms with Crippen molar-refractivity contribution in [2.45, 2.75) is 13.1 Å². The second-order valence-corrected chi connectivity index (χ2v) is 7.15. The van der Waals surface area contributed by atoms with Gasteiger partial charge in [0.2, 0.25) is 0 Å². The summed E-state index contributed by atoms with van der Waals surface area (Å²) in [5, 5.41) is 22.0. The molecule has 3 heterocycles. The van der Waals surface area contributed by atoms with Crippen LogP contribution in [-0.4, -0.2) is 46.5 Å². The molecule has 0 unspecified atom stereocenters. The summed E-state index contributed by atoms with van der Waals surface area (Å²) in [6, 6.07) is 8.63. The van der Waals surface area contributed by atoms with Gasteiger partial charge in [-0.25, -0.2) is 14.3 Å². The van der Waals surface area contributed by atoms with E-state index in [1.165, 1.54) is 53.1 Å². The van der Waals surface area contributed by atoms with Gasteiger partial charge in [-0.05, 0) is 11.6 Å². The van der Waals surface area contributed by atoms with Crippen LogP contribution >= 0.6 is 0 Å². The summed E-state index contributed by atoms with van der Waals surface area (Å²) in [5.41, 5.74) is 0.328. The summed E-state index contributed by atoms with van der Waals surface area (Å²) in [6.07, 6.45) is 2.75. The van der Waals surface area contributed by atoms with E-state index in [1.54, 1.807) is 12.1 Å². The van der Waals surface area contributed by atoms with Gasteiger partial charge in [-0.15, -0.1) is 0 Å². The van der Waals surface area contributed by atoms with Gasteiger partial charge in [-0.1, -0.05) is 12.1 Å². The normalized spacial score (nSPS) is 10.9. The fourth-order valence-electron chi connectivity index (χ4n) is 3.23. The minimum absolute atomic E-state index is 0.0580. The molecule has 13 nitrogen and oxygen atoms in total. The number of amides is 1. The molecule has 0 saturated carbocycles. The van der Waals surface area contributed by atoms with E-state index in [1.807, 2.05) is 0 Å². The Bertz CT molecular complexity index is 1490. The zero-order chi connectivity index (χ0) is 23.5. The van der Waals surface area contributed by atoms with Crippen LogP contribution < -0.4 is 16.4 Å². The first-order valence-corrected chi connectivity index (χ1v) is 9.80. The van der Waals surface area contributed by atoms with Crippen LogP contribution in [0.1, 0.15) is 16.1 Å². The Morgan fingerprint density at radius 3 is 2.79 bits per heavy atom. The number of benzene rings is 1. The van der Waals surface area contributed by atoms with E-state index in [0.717, 1.165) is 4.68 Å². The first-order chi connectivity index (χ1) is 15.8. The minimum atomic E-state index is -0.495. The largest absolute Gasteiger partial charge is 0.349 e. The van der Waals surface area contributed by atoms with Crippen molar-refractivity contribution in [2.75, 3.05) is 6.54 Å². The smallest absolute Gasteiger partial charge is 0.271 e. The Labute approximate surface area is 185 Å². The monoisotopic (exact) mass is 450 g/mol. The van der Waals surface area contributed by atoms with E-state index in [0.29, 0.717) is 11.2 Å². The van der Waals surface area contributed by atoms with Crippen LogP contribution in [0.2, 0.25) is 0 Å². The Kier molecular flexibility index (Phi) is 5.76. The Balaban J connectivity index is 1.46. The van der Waals surface area contributed by atoms with Gasteiger partial charge in [-0.3, -0.25) is 29.1 Å². The quantitative estimate of drug-likeness (QED) is 0.306. The maximum absolute atomic E-state index is 12.8. The maximum Gasteiger partial charge on any atom is 0.271 e. The van der Waals surface area contributed by atoms with Crippen molar-refractivity contribution in [2.24, 2.45) is 7.05 Å². The molecular weight excluding hydrogens is 432 g/mol. The van der Waals surface area contributed by atoms with Gasteiger partial charge < -0.3 is 5.32 Å². The summed E-state index contributed by atoms with van der Waals surface area (Å²) >= 11 is 0. The van der Waals surface area contributed by atoms with E-state index >= 15 is 0 Å². The van der Waals surface area contributed by atoms with Crippen molar-refractivity contribution in [3.63, 3.8) is 0 Å². The summed E-state index contributed by atoms with van der Waals surface area (Å²) in [4.78, 5) is 51.2. The van der Waals surface area contributed by atoms with Crippen molar-refractivity contribution in [3.8, 4) is 0 Å². The highest BCUT2D eigenvalue weighted by Crippen LogP contribution is 2.14. The molecular formula is C20H18N8O5. The fraction of sp³-hybridized carbons (Fsp3) is 0.200. The number of carbonyl (C=O) groups is 1. The van der Waals surface area contributed by atoms with Crippen LogP contribution in [-0.2, 0) is 20.1 Å². The van der Waals surface area contributed by atoms with Crippen molar-refractivity contribution in [1.82, 2.24) is 34.4 Å². The van der Waals surface area contributed by atoms with Crippen LogP contribution in [0.15, 0.2) is 58.5 Å². The molecule has 3 aromatic heterocycles. The first kappa shape index (κ1) is 21.5. The van der Waals surface area contributed by atoms with E-state index in [9.17, 15) is 24.5 Å². The first-order valence-electron chi connectivity index (χ1n) is 9.80. The number of nitrogens with zero attached hydrogens (tertiary/aromatic N) is 7. The maximum atomic E-state index is 12.8. The second-order valence-electron chi connectivity index (χ2n) is 7.15. The van der Waals surface area contributed by atoms with E-state index in [4.69, 9.17) is 0 Å². The zero-order valence-electron chi connectivity index (χ0n) is 17.4. The highest BCUT2D eigenvalue weighted by molar-refractivity contribution is 5.91. The number of carbonyl (C=O) groups excluding carboxylic acids is 1. The lowest BCUT2D eigenvalue weighted by Crippen LogP contribution is -2.30. The molecule has 33 heavy (non-hydrogen) atoms. The molecule has 0 aliphatic rings. The van der Waals surface area contributed by atoms with E-state index in [-0.39, 0.29) is 47.5 Å². The fourth-order valence-corrected chi connectivity index (χ4v) is 3.23. The standard InChI is InChI=1S/C20H18N8O5/c1-25-17(29)6-5-16(24-25)19(30)21-7-8-27-18-15(10-23-27)20(31)26(12-22-18)11-13-3-2-4-14(9-13)28(32)33/h2-6,9-10,12H,7-8,11H2,1H3,(H,21,30). The van der Waals surface area contributed by atoms with Crippen LogP contribution in [0.4, 0.5) is 5.69 Å². The number of non-ortho nitro benzene ring substituents is 1. The van der Waals surface area contributed by atoms with Gasteiger partial charge in [0, 0.05) is 31.8 Å². The van der Waals surface area contributed by atoms with Gasteiger partial charge >= 0.3 is 0 Å². The predicted molar refractivity (Wildman–Crippen MR) is 116 cm³/mol. The molecule has 0 radical (unpaired) electrons. The number of nitro groups is 1. The number of fused-ring (bicyclic) bond motifs is 1. The predicted octanol–water partition coefficient (Wildman–Crippen LogP) is 0.0732. The average Bonchev–Trinajstić information content (AvgIpc) is 3.21. The molecule has 0 aliphatic heterocycles. The molecule has 4 rings (SSSR count). The molecule has 168 valence electrons.